The van der Waals surface area contributed by atoms with E-state index >= 15 is 0 Å². The molecule has 0 fully saturated rings. The number of benzene rings is 1. The summed E-state index contributed by atoms with van der Waals surface area (Å²) in [6.45, 7) is 6.35. The Morgan fingerprint density at radius 2 is 1.95 bits per heavy atom. The van der Waals surface area contributed by atoms with Gasteiger partial charge in [-0.25, -0.2) is 4.98 Å². The van der Waals surface area contributed by atoms with Crippen LogP contribution in [0.1, 0.15) is 54.1 Å². The second kappa shape index (κ2) is 5.64. The average Bonchev–Trinajstić information content (AvgIpc) is 2.76. The Bertz CT molecular complexity index is 640. The van der Waals surface area contributed by atoms with Crippen molar-refractivity contribution in [3.05, 3.63) is 52.6 Å². The highest BCUT2D eigenvalue weighted by molar-refractivity contribution is 5.30. The fraction of sp³-hybridized carbons (Fsp3) is 0.500. The zero-order valence-electron chi connectivity index (χ0n) is 13.3. The standard InChI is InChI=1S/C18H25N3/c1-12-7-6-8-15(11-12)18(13(2)19)21-14(3)20-16-9-4-5-10-17(16)21/h6-8,11,13,18H,4-5,9-10,19H2,1-3H3. The van der Waals surface area contributed by atoms with E-state index in [1.54, 1.807) is 0 Å². The third-order valence-corrected chi connectivity index (χ3v) is 4.51. The number of hydrogen-bond donors (Lipinski definition) is 1. The second-order valence-electron chi connectivity index (χ2n) is 6.35. The Hall–Kier alpha value is -1.61. The van der Waals surface area contributed by atoms with E-state index in [-0.39, 0.29) is 12.1 Å². The lowest BCUT2D eigenvalue weighted by Gasteiger charge is -2.28. The SMILES string of the molecule is Cc1cccc(C(C(C)N)n2c(C)nc3c2CCCC3)c1. The Kier molecular flexibility index (Phi) is 3.85. The average molecular weight is 283 g/mol. The number of aromatic nitrogens is 2. The highest BCUT2D eigenvalue weighted by atomic mass is 15.1. The van der Waals surface area contributed by atoms with Gasteiger partial charge in [-0.2, -0.15) is 0 Å². The third-order valence-electron chi connectivity index (χ3n) is 4.51. The smallest absolute Gasteiger partial charge is 0.106 e. The minimum Gasteiger partial charge on any atom is -0.326 e. The van der Waals surface area contributed by atoms with Gasteiger partial charge in [-0.05, 0) is 52.0 Å². The molecule has 21 heavy (non-hydrogen) atoms. The number of aryl methyl sites for hydroxylation is 3. The largest absolute Gasteiger partial charge is 0.326 e. The molecule has 0 amide bonds. The lowest BCUT2D eigenvalue weighted by Crippen LogP contribution is -2.32. The van der Waals surface area contributed by atoms with Gasteiger partial charge in [0, 0.05) is 11.7 Å². The Balaban J connectivity index is 2.12. The molecule has 3 rings (SSSR count). The van der Waals surface area contributed by atoms with Gasteiger partial charge in [0.1, 0.15) is 5.82 Å². The molecule has 0 saturated carbocycles. The lowest BCUT2D eigenvalue weighted by molar-refractivity contribution is 0.465. The first-order valence-corrected chi connectivity index (χ1v) is 7.96. The normalized spacial score (nSPS) is 17.3. The molecule has 1 heterocycles. The van der Waals surface area contributed by atoms with Crippen LogP contribution in [0.25, 0.3) is 0 Å². The van der Waals surface area contributed by atoms with E-state index in [0.717, 1.165) is 18.7 Å². The Morgan fingerprint density at radius 1 is 1.19 bits per heavy atom. The molecule has 0 spiro atoms. The summed E-state index contributed by atoms with van der Waals surface area (Å²) in [6.07, 6.45) is 4.77. The summed E-state index contributed by atoms with van der Waals surface area (Å²) < 4.78 is 2.40. The highest BCUT2D eigenvalue weighted by Gasteiger charge is 2.26. The fourth-order valence-corrected chi connectivity index (χ4v) is 3.61. The van der Waals surface area contributed by atoms with Crippen LogP contribution in [0.2, 0.25) is 0 Å². The van der Waals surface area contributed by atoms with Gasteiger partial charge in [0.15, 0.2) is 0 Å². The van der Waals surface area contributed by atoms with Gasteiger partial charge in [0.25, 0.3) is 0 Å². The lowest BCUT2D eigenvalue weighted by atomic mass is 9.96. The second-order valence-corrected chi connectivity index (χ2v) is 6.35. The van der Waals surface area contributed by atoms with E-state index in [9.17, 15) is 0 Å². The number of nitrogens with zero attached hydrogens (tertiary/aromatic N) is 2. The Morgan fingerprint density at radius 3 is 2.67 bits per heavy atom. The van der Waals surface area contributed by atoms with E-state index in [4.69, 9.17) is 10.7 Å². The number of nitrogens with two attached hydrogens (primary N) is 1. The van der Waals surface area contributed by atoms with Crippen LogP contribution in [-0.4, -0.2) is 15.6 Å². The van der Waals surface area contributed by atoms with Crippen molar-refractivity contribution in [1.29, 1.82) is 0 Å². The molecule has 1 aromatic heterocycles. The highest BCUT2D eigenvalue weighted by Crippen LogP contribution is 2.30. The van der Waals surface area contributed by atoms with Crippen LogP contribution in [0.4, 0.5) is 0 Å². The van der Waals surface area contributed by atoms with Gasteiger partial charge >= 0.3 is 0 Å². The van der Waals surface area contributed by atoms with E-state index < -0.39 is 0 Å². The van der Waals surface area contributed by atoms with Gasteiger partial charge in [-0.15, -0.1) is 0 Å². The monoisotopic (exact) mass is 283 g/mol. The number of rotatable bonds is 3. The molecule has 2 aromatic rings. The van der Waals surface area contributed by atoms with Crippen molar-refractivity contribution >= 4 is 0 Å². The summed E-state index contributed by atoms with van der Waals surface area (Å²) in [7, 11) is 0. The maximum Gasteiger partial charge on any atom is 0.106 e. The quantitative estimate of drug-likeness (QED) is 0.939. The summed E-state index contributed by atoms with van der Waals surface area (Å²) in [5, 5.41) is 0. The molecule has 0 aliphatic heterocycles. The first kappa shape index (κ1) is 14.3. The molecular formula is C18H25N3. The van der Waals surface area contributed by atoms with Crippen LogP contribution >= 0.6 is 0 Å². The Labute approximate surface area is 127 Å². The molecule has 1 aliphatic rings. The van der Waals surface area contributed by atoms with E-state index in [0.29, 0.717) is 0 Å². The molecule has 2 N–H and O–H groups in total. The topological polar surface area (TPSA) is 43.8 Å². The number of fused-ring (bicyclic) bond motifs is 1. The summed E-state index contributed by atoms with van der Waals surface area (Å²) in [5.74, 6) is 1.10. The number of imidazole rings is 1. The first-order valence-electron chi connectivity index (χ1n) is 7.96. The molecule has 0 radical (unpaired) electrons. The summed E-state index contributed by atoms with van der Waals surface area (Å²) in [5.41, 5.74) is 11.6. The summed E-state index contributed by atoms with van der Waals surface area (Å²) in [6, 6.07) is 8.94. The van der Waals surface area contributed by atoms with Crippen molar-refractivity contribution in [2.45, 2.75) is 58.5 Å². The van der Waals surface area contributed by atoms with Crippen molar-refractivity contribution in [3.8, 4) is 0 Å². The predicted molar refractivity (Wildman–Crippen MR) is 86.6 cm³/mol. The van der Waals surface area contributed by atoms with Crippen molar-refractivity contribution < 1.29 is 0 Å². The van der Waals surface area contributed by atoms with Crippen LogP contribution in [-0.2, 0) is 12.8 Å². The van der Waals surface area contributed by atoms with Gasteiger partial charge in [-0.3, -0.25) is 0 Å². The van der Waals surface area contributed by atoms with Crippen LogP contribution in [0, 0.1) is 13.8 Å². The number of hydrogen-bond acceptors (Lipinski definition) is 2. The molecule has 1 aliphatic carbocycles. The molecule has 0 saturated heterocycles. The molecule has 112 valence electrons. The predicted octanol–water partition coefficient (Wildman–Crippen LogP) is 3.32. The molecule has 2 unspecified atom stereocenters. The van der Waals surface area contributed by atoms with E-state index in [2.05, 4.69) is 49.6 Å². The van der Waals surface area contributed by atoms with Crippen molar-refractivity contribution in [1.82, 2.24) is 9.55 Å². The molecule has 0 bridgehead atoms. The van der Waals surface area contributed by atoms with Crippen molar-refractivity contribution in [2.24, 2.45) is 5.73 Å². The zero-order chi connectivity index (χ0) is 15.0. The van der Waals surface area contributed by atoms with Crippen LogP contribution in [0.15, 0.2) is 24.3 Å². The summed E-state index contributed by atoms with van der Waals surface area (Å²) in [4.78, 5) is 4.81. The van der Waals surface area contributed by atoms with E-state index in [1.807, 2.05) is 0 Å². The fourth-order valence-electron chi connectivity index (χ4n) is 3.61. The molecule has 1 aromatic carbocycles. The minimum atomic E-state index is 0.0609. The maximum absolute atomic E-state index is 6.36. The minimum absolute atomic E-state index is 0.0609. The van der Waals surface area contributed by atoms with E-state index in [1.165, 1.54) is 35.4 Å². The summed E-state index contributed by atoms with van der Waals surface area (Å²) >= 11 is 0. The van der Waals surface area contributed by atoms with Crippen LogP contribution in [0.5, 0.6) is 0 Å². The van der Waals surface area contributed by atoms with Gasteiger partial charge in [-0.1, -0.05) is 29.8 Å². The zero-order valence-corrected chi connectivity index (χ0v) is 13.3. The van der Waals surface area contributed by atoms with Crippen molar-refractivity contribution in [3.63, 3.8) is 0 Å². The maximum atomic E-state index is 6.36. The molecular weight excluding hydrogens is 258 g/mol. The molecule has 3 nitrogen and oxygen atoms in total. The van der Waals surface area contributed by atoms with Gasteiger partial charge in [0.05, 0.1) is 11.7 Å². The van der Waals surface area contributed by atoms with Crippen LogP contribution < -0.4 is 5.73 Å². The van der Waals surface area contributed by atoms with Crippen LogP contribution in [0.3, 0.4) is 0 Å². The van der Waals surface area contributed by atoms with Gasteiger partial charge in [0.2, 0.25) is 0 Å². The van der Waals surface area contributed by atoms with Crippen molar-refractivity contribution in [2.75, 3.05) is 0 Å². The third kappa shape index (κ3) is 2.62. The first-order chi connectivity index (χ1) is 10.1. The molecule has 2 atom stereocenters. The van der Waals surface area contributed by atoms with Gasteiger partial charge < -0.3 is 10.3 Å². The molecule has 3 heteroatoms.